The molecule has 1 aliphatic rings. The number of aromatic nitrogens is 2. The third kappa shape index (κ3) is 5.48. The van der Waals surface area contributed by atoms with Crippen LogP contribution in [-0.2, 0) is 25.6 Å². The molecule has 0 spiro atoms. The van der Waals surface area contributed by atoms with Crippen molar-refractivity contribution in [1.82, 2.24) is 9.55 Å². The Balaban J connectivity index is 1.76. The van der Waals surface area contributed by atoms with E-state index in [0.29, 0.717) is 49.6 Å². The van der Waals surface area contributed by atoms with Gasteiger partial charge in [-0.1, -0.05) is 29.8 Å². The lowest BCUT2D eigenvalue weighted by molar-refractivity contribution is -0.141. The number of benzene rings is 2. The van der Waals surface area contributed by atoms with Gasteiger partial charge in [0.15, 0.2) is 5.69 Å². The zero-order chi connectivity index (χ0) is 25.3. The molecule has 0 amide bonds. The van der Waals surface area contributed by atoms with E-state index in [9.17, 15) is 17.6 Å². The van der Waals surface area contributed by atoms with Crippen LogP contribution in [0.1, 0.15) is 40.9 Å². The smallest absolute Gasteiger partial charge is 0.330 e. The van der Waals surface area contributed by atoms with Crippen LogP contribution >= 0.6 is 11.6 Å². The maximum Gasteiger partial charge on any atom is 0.435 e. The van der Waals surface area contributed by atoms with Gasteiger partial charge in [0.05, 0.1) is 16.4 Å². The second-order valence-electron chi connectivity index (χ2n) is 9.26. The molecular weight excluding hydrogens is 480 g/mol. The lowest BCUT2D eigenvalue weighted by Gasteiger charge is -2.32. The van der Waals surface area contributed by atoms with E-state index >= 15 is 0 Å². The quantitative estimate of drug-likeness (QED) is 0.366. The monoisotopic (exact) mass is 508 g/mol. The highest BCUT2D eigenvalue weighted by molar-refractivity contribution is 6.33. The number of nitrogens with zero attached hydrogens (tertiary/aromatic N) is 3. The molecule has 1 aromatic heterocycles. The largest absolute Gasteiger partial charge is 0.435 e. The average molecular weight is 509 g/mol. The van der Waals surface area contributed by atoms with E-state index in [1.54, 1.807) is 21.6 Å². The predicted octanol–water partition coefficient (Wildman–Crippen LogP) is 6.60. The third-order valence-corrected chi connectivity index (χ3v) is 6.75. The number of hydrogen-bond acceptors (Lipinski definition) is 3. The summed E-state index contributed by atoms with van der Waals surface area (Å²) in [6, 6.07) is 9.94. The SMILES string of the molecule is Cc1cc(C)c(N2CCCn3c2nc(C(F)(F)F)c3CC(CCN)Cc2cccc(F)c2)c(Cl)c1. The Bertz CT molecular complexity index is 1180. The molecule has 2 N–H and O–H groups in total. The molecule has 2 heterocycles. The minimum Gasteiger partial charge on any atom is -0.330 e. The van der Waals surface area contributed by atoms with E-state index < -0.39 is 11.9 Å². The number of fused-ring (bicyclic) bond motifs is 1. The summed E-state index contributed by atoms with van der Waals surface area (Å²) in [4.78, 5) is 5.93. The first-order valence-electron chi connectivity index (χ1n) is 11.7. The van der Waals surface area contributed by atoms with Crippen molar-refractivity contribution < 1.29 is 17.6 Å². The van der Waals surface area contributed by atoms with Gasteiger partial charge in [0, 0.05) is 13.1 Å². The molecule has 1 unspecified atom stereocenters. The lowest BCUT2D eigenvalue weighted by atomic mass is 9.91. The molecule has 35 heavy (non-hydrogen) atoms. The molecule has 4 nitrogen and oxygen atoms in total. The van der Waals surface area contributed by atoms with Gasteiger partial charge in [0.25, 0.3) is 0 Å². The van der Waals surface area contributed by atoms with Crippen LogP contribution in [0.15, 0.2) is 36.4 Å². The number of hydrogen-bond donors (Lipinski definition) is 1. The molecule has 0 saturated carbocycles. The molecule has 1 atom stereocenters. The Morgan fingerprint density at radius 3 is 2.54 bits per heavy atom. The number of aryl methyl sites for hydroxylation is 2. The van der Waals surface area contributed by atoms with Crippen molar-refractivity contribution in [2.24, 2.45) is 11.7 Å². The molecular formula is C26H29ClF4N4. The molecule has 9 heteroatoms. The molecule has 3 aromatic rings. The summed E-state index contributed by atoms with van der Waals surface area (Å²) >= 11 is 6.55. The zero-order valence-corrected chi connectivity index (χ0v) is 20.6. The highest BCUT2D eigenvalue weighted by Gasteiger charge is 2.41. The van der Waals surface area contributed by atoms with Crippen LogP contribution in [0.5, 0.6) is 0 Å². The van der Waals surface area contributed by atoms with E-state index in [2.05, 4.69) is 4.98 Å². The van der Waals surface area contributed by atoms with E-state index in [0.717, 1.165) is 16.7 Å². The van der Waals surface area contributed by atoms with Gasteiger partial charge in [0.2, 0.25) is 5.95 Å². The van der Waals surface area contributed by atoms with Crippen LogP contribution in [0.3, 0.4) is 0 Å². The Labute approximate surface area is 207 Å². The molecule has 0 bridgehead atoms. The highest BCUT2D eigenvalue weighted by Crippen LogP contribution is 2.42. The Morgan fingerprint density at radius 1 is 1.11 bits per heavy atom. The van der Waals surface area contributed by atoms with E-state index in [1.165, 1.54) is 12.1 Å². The Kier molecular flexibility index (Phi) is 7.43. The number of alkyl halides is 3. The van der Waals surface area contributed by atoms with Gasteiger partial charge in [-0.3, -0.25) is 0 Å². The minimum absolute atomic E-state index is 0.143. The topological polar surface area (TPSA) is 47.1 Å². The van der Waals surface area contributed by atoms with Crippen molar-refractivity contribution in [2.45, 2.75) is 52.3 Å². The number of imidazole rings is 1. The zero-order valence-electron chi connectivity index (χ0n) is 19.8. The van der Waals surface area contributed by atoms with Gasteiger partial charge in [-0.15, -0.1) is 0 Å². The van der Waals surface area contributed by atoms with Crippen LogP contribution in [0.2, 0.25) is 5.02 Å². The maximum atomic E-state index is 14.2. The van der Waals surface area contributed by atoms with Crippen LogP contribution in [0.4, 0.5) is 29.2 Å². The summed E-state index contributed by atoms with van der Waals surface area (Å²) in [6.45, 7) is 5.11. The summed E-state index contributed by atoms with van der Waals surface area (Å²) < 4.78 is 58.0. The summed E-state index contributed by atoms with van der Waals surface area (Å²) in [5.74, 6) is -0.304. The minimum atomic E-state index is -4.61. The molecule has 188 valence electrons. The van der Waals surface area contributed by atoms with E-state index in [-0.39, 0.29) is 29.8 Å². The standard InChI is InChI=1S/C26H29ClF4N4/c1-16-11-17(2)23(21(27)12-16)35-10-4-9-34-22(24(26(29,30)31)33-25(34)35)15-19(7-8-32)13-18-5-3-6-20(28)14-18/h3,5-6,11-12,14,19H,4,7-10,13,15,32H2,1-2H3. The predicted molar refractivity (Wildman–Crippen MR) is 131 cm³/mol. The average Bonchev–Trinajstić information content (AvgIpc) is 3.13. The number of nitrogens with two attached hydrogens (primary N) is 1. The van der Waals surface area contributed by atoms with Crippen LogP contribution in [0, 0.1) is 25.6 Å². The van der Waals surface area contributed by atoms with Crippen molar-refractivity contribution in [3.05, 3.63) is 75.3 Å². The fourth-order valence-electron chi connectivity index (χ4n) is 5.08. The number of halogens is 5. The van der Waals surface area contributed by atoms with Gasteiger partial charge in [-0.25, -0.2) is 9.37 Å². The third-order valence-electron chi connectivity index (χ3n) is 6.46. The molecule has 0 aliphatic carbocycles. The number of anilines is 2. The first-order valence-corrected chi connectivity index (χ1v) is 12.1. The molecule has 0 saturated heterocycles. The summed E-state index contributed by atoms with van der Waals surface area (Å²) in [7, 11) is 0. The Hall–Kier alpha value is -2.58. The van der Waals surface area contributed by atoms with E-state index in [4.69, 9.17) is 17.3 Å². The van der Waals surface area contributed by atoms with Crippen molar-refractivity contribution in [1.29, 1.82) is 0 Å². The van der Waals surface area contributed by atoms with Gasteiger partial charge in [0.1, 0.15) is 5.82 Å². The summed E-state index contributed by atoms with van der Waals surface area (Å²) in [5.41, 5.74) is 8.36. The van der Waals surface area contributed by atoms with Gasteiger partial charge >= 0.3 is 6.18 Å². The van der Waals surface area contributed by atoms with Crippen LogP contribution in [-0.4, -0.2) is 22.6 Å². The normalized spacial score (nSPS) is 14.8. The second kappa shape index (κ2) is 10.2. The molecule has 4 rings (SSSR count). The van der Waals surface area contributed by atoms with Crippen molar-refractivity contribution in [2.75, 3.05) is 18.0 Å². The van der Waals surface area contributed by atoms with Gasteiger partial charge in [-0.2, -0.15) is 13.2 Å². The summed E-state index contributed by atoms with van der Waals surface area (Å²) in [5, 5.41) is 0.487. The van der Waals surface area contributed by atoms with Crippen molar-refractivity contribution in [3.8, 4) is 0 Å². The Morgan fingerprint density at radius 2 is 1.89 bits per heavy atom. The first kappa shape index (κ1) is 25.5. The van der Waals surface area contributed by atoms with Crippen LogP contribution in [0.25, 0.3) is 0 Å². The summed E-state index contributed by atoms with van der Waals surface area (Å²) in [6.07, 6.45) is -2.86. The fourth-order valence-corrected chi connectivity index (χ4v) is 5.50. The van der Waals surface area contributed by atoms with Crippen LogP contribution < -0.4 is 10.6 Å². The second-order valence-corrected chi connectivity index (χ2v) is 9.66. The molecule has 0 radical (unpaired) electrons. The molecule has 1 aliphatic heterocycles. The van der Waals surface area contributed by atoms with E-state index in [1.807, 2.05) is 26.0 Å². The maximum absolute atomic E-state index is 14.2. The van der Waals surface area contributed by atoms with Crippen molar-refractivity contribution >= 4 is 23.2 Å². The first-order chi connectivity index (χ1) is 16.6. The van der Waals surface area contributed by atoms with Crippen molar-refractivity contribution in [3.63, 3.8) is 0 Å². The molecule has 2 aromatic carbocycles. The van der Waals surface area contributed by atoms with Gasteiger partial charge in [-0.05, 0) is 86.9 Å². The number of rotatable bonds is 7. The fraction of sp³-hybridized carbons (Fsp3) is 0.423. The highest BCUT2D eigenvalue weighted by atomic mass is 35.5. The van der Waals surface area contributed by atoms with Gasteiger partial charge < -0.3 is 15.2 Å². The lowest BCUT2D eigenvalue weighted by Crippen LogP contribution is -2.30. The molecule has 0 fully saturated rings.